The lowest BCUT2D eigenvalue weighted by atomic mass is 10.1. The standard InChI is InChI=1S/C17H30N2.BrH/c1-3-5-6-7-8-9-10-11-12-13-14-16-15-18-17(4-2)19-16;/h4,15H,2-3,5-14H2,1H3,(H,18,19);1H. The molecule has 1 rings (SSSR count). The van der Waals surface area contributed by atoms with Gasteiger partial charge in [-0.25, -0.2) is 4.98 Å². The van der Waals surface area contributed by atoms with Gasteiger partial charge in [0.25, 0.3) is 0 Å². The average molecular weight is 343 g/mol. The Morgan fingerprint density at radius 1 is 1.00 bits per heavy atom. The largest absolute Gasteiger partial charge is 0.345 e. The zero-order valence-corrected chi connectivity index (χ0v) is 14.7. The molecule has 0 fully saturated rings. The van der Waals surface area contributed by atoms with Crippen LogP contribution in [0.3, 0.4) is 0 Å². The van der Waals surface area contributed by atoms with Crippen molar-refractivity contribution >= 4 is 23.1 Å². The van der Waals surface area contributed by atoms with Crippen LogP contribution >= 0.6 is 17.0 Å². The molecule has 0 aliphatic rings. The van der Waals surface area contributed by atoms with Gasteiger partial charge in [-0.3, -0.25) is 0 Å². The van der Waals surface area contributed by atoms with Gasteiger partial charge >= 0.3 is 0 Å². The molecular weight excluding hydrogens is 312 g/mol. The molecule has 3 heteroatoms. The summed E-state index contributed by atoms with van der Waals surface area (Å²) >= 11 is 0. The van der Waals surface area contributed by atoms with Gasteiger partial charge in [-0.15, -0.1) is 17.0 Å². The summed E-state index contributed by atoms with van der Waals surface area (Å²) in [5.74, 6) is 0.891. The number of aromatic nitrogens is 2. The van der Waals surface area contributed by atoms with E-state index in [0.29, 0.717) is 0 Å². The lowest BCUT2D eigenvalue weighted by molar-refractivity contribution is 0.555. The zero-order chi connectivity index (χ0) is 13.8. The monoisotopic (exact) mass is 342 g/mol. The highest BCUT2D eigenvalue weighted by Gasteiger charge is 1.98. The SMILES string of the molecule is Br.C=Cc1nc(CCCCCCCCCCCC)c[nH]1. The van der Waals surface area contributed by atoms with Crippen LogP contribution in [0, 0.1) is 0 Å². The van der Waals surface area contributed by atoms with Crippen LogP contribution in [0.25, 0.3) is 6.08 Å². The van der Waals surface area contributed by atoms with Crippen LogP contribution in [0.1, 0.15) is 82.7 Å². The predicted molar refractivity (Wildman–Crippen MR) is 94.5 cm³/mol. The molecule has 2 nitrogen and oxygen atoms in total. The van der Waals surface area contributed by atoms with Gasteiger partial charge in [0.05, 0.1) is 5.69 Å². The number of H-pyrrole nitrogens is 1. The van der Waals surface area contributed by atoms with E-state index in [1.165, 1.54) is 69.9 Å². The summed E-state index contributed by atoms with van der Waals surface area (Å²) in [5, 5.41) is 0. The second kappa shape index (κ2) is 13.4. The Morgan fingerprint density at radius 3 is 2.05 bits per heavy atom. The van der Waals surface area contributed by atoms with Crippen molar-refractivity contribution in [3.05, 3.63) is 24.3 Å². The number of aryl methyl sites for hydroxylation is 1. The molecule has 0 radical (unpaired) electrons. The van der Waals surface area contributed by atoms with Crippen LogP contribution in [-0.2, 0) is 6.42 Å². The fraction of sp³-hybridized carbons (Fsp3) is 0.706. The van der Waals surface area contributed by atoms with Gasteiger partial charge < -0.3 is 4.98 Å². The molecule has 0 saturated carbocycles. The number of halogens is 1. The molecule has 0 saturated heterocycles. The molecule has 0 atom stereocenters. The number of nitrogens with one attached hydrogen (secondary N) is 1. The first-order chi connectivity index (χ1) is 9.36. The van der Waals surface area contributed by atoms with Crippen LogP contribution in [-0.4, -0.2) is 9.97 Å². The third-order valence-corrected chi connectivity index (χ3v) is 3.63. The molecule has 0 spiro atoms. The van der Waals surface area contributed by atoms with Crippen LogP contribution in [0.4, 0.5) is 0 Å². The van der Waals surface area contributed by atoms with E-state index in [0.717, 1.165) is 12.2 Å². The van der Waals surface area contributed by atoms with E-state index in [1.807, 2.05) is 6.20 Å². The second-order valence-electron chi connectivity index (χ2n) is 5.41. The van der Waals surface area contributed by atoms with Crippen LogP contribution in [0.5, 0.6) is 0 Å². The second-order valence-corrected chi connectivity index (χ2v) is 5.41. The molecule has 0 unspecified atom stereocenters. The van der Waals surface area contributed by atoms with Gasteiger partial charge in [0.1, 0.15) is 5.82 Å². The van der Waals surface area contributed by atoms with Gasteiger partial charge in [-0.1, -0.05) is 71.3 Å². The third-order valence-electron chi connectivity index (χ3n) is 3.63. The quantitative estimate of drug-likeness (QED) is 0.457. The van der Waals surface area contributed by atoms with Gasteiger partial charge in [-0.2, -0.15) is 0 Å². The fourth-order valence-corrected chi connectivity index (χ4v) is 2.40. The molecular formula is C17H31BrN2. The summed E-state index contributed by atoms with van der Waals surface area (Å²) in [7, 11) is 0. The molecule has 1 N–H and O–H groups in total. The van der Waals surface area contributed by atoms with E-state index in [-0.39, 0.29) is 17.0 Å². The predicted octanol–water partition coefficient (Wildman–Crippen LogP) is 6.09. The van der Waals surface area contributed by atoms with Crippen molar-refractivity contribution in [2.24, 2.45) is 0 Å². The highest BCUT2D eigenvalue weighted by molar-refractivity contribution is 8.93. The van der Waals surface area contributed by atoms with Crippen LogP contribution in [0.15, 0.2) is 12.8 Å². The Morgan fingerprint density at radius 2 is 1.55 bits per heavy atom. The lowest BCUT2D eigenvalue weighted by Crippen LogP contribution is -1.87. The van der Waals surface area contributed by atoms with E-state index >= 15 is 0 Å². The van der Waals surface area contributed by atoms with Gasteiger partial charge in [-0.05, 0) is 18.9 Å². The minimum Gasteiger partial charge on any atom is -0.345 e. The number of rotatable bonds is 12. The maximum absolute atomic E-state index is 4.43. The van der Waals surface area contributed by atoms with Crippen molar-refractivity contribution in [1.29, 1.82) is 0 Å². The number of hydrogen-bond acceptors (Lipinski definition) is 1. The van der Waals surface area contributed by atoms with E-state index in [4.69, 9.17) is 0 Å². The number of nitrogens with zero attached hydrogens (tertiary/aromatic N) is 1. The number of unbranched alkanes of at least 4 members (excludes halogenated alkanes) is 9. The van der Waals surface area contributed by atoms with Crippen molar-refractivity contribution in [3.8, 4) is 0 Å². The molecule has 1 aromatic heterocycles. The van der Waals surface area contributed by atoms with Crippen molar-refractivity contribution in [2.45, 2.75) is 77.6 Å². The van der Waals surface area contributed by atoms with Crippen LogP contribution in [0.2, 0.25) is 0 Å². The van der Waals surface area contributed by atoms with E-state index in [1.54, 1.807) is 6.08 Å². The summed E-state index contributed by atoms with van der Waals surface area (Å²) in [5.41, 5.74) is 1.18. The fourth-order valence-electron chi connectivity index (χ4n) is 2.40. The Bertz CT molecular complexity index is 333. The summed E-state index contributed by atoms with van der Waals surface area (Å²) in [6.07, 6.45) is 18.7. The Hall–Kier alpha value is -0.570. The van der Waals surface area contributed by atoms with Crippen molar-refractivity contribution in [3.63, 3.8) is 0 Å². The Kier molecular flexibility index (Phi) is 13.0. The summed E-state index contributed by atoms with van der Waals surface area (Å²) in [6.45, 7) is 5.98. The first-order valence-corrected chi connectivity index (χ1v) is 8.03. The molecule has 116 valence electrons. The summed E-state index contributed by atoms with van der Waals surface area (Å²) in [6, 6.07) is 0. The topological polar surface area (TPSA) is 28.7 Å². The molecule has 0 aromatic carbocycles. The summed E-state index contributed by atoms with van der Waals surface area (Å²) in [4.78, 5) is 7.54. The molecule has 1 heterocycles. The normalized spacial score (nSPS) is 10.2. The molecule has 20 heavy (non-hydrogen) atoms. The number of aromatic amines is 1. The number of imidazole rings is 1. The lowest BCUT2D eigenvalue weighted by Gasteiger charge is -2.01. The maximum atomic E-state index is 4.43. The first kappa shape index (κ1) is 19.4. The third kappa shape index (κ3) is 9.35. The Labute approximate surface area is 135 Å². The summed E-state index contributed by atoms with van der Waals surface area (Å²) < 4.78 is 0. The minimum atomic E-state index is 0. The number of hydrogen-bond donors (Lipinski definition) is 1. The molecule has 0 amide bonds. The van der Waals surface area contributed by atoms with Gasteiger partial charge in [0.2, 0.25) is 0 Å². The molecule has 0 bridgehead atoms. The van der Waals surface area contributed by atoms with E-state index < -0.39 is 0 Å². The Balaban J connectivity index is 0.00000361. The minimum absolute atomic E-state index is 0. The van der Waals surface area contributed by atoms with Crippen molar-refractivity contribution in [1.82, 2.24) is 9.97 Å². The smallest absolute Gasteiger partial charge is 0.129 e. The average Bonchev–Trinajstić information content (AvgIpc) is 2.89. The highest BCUT2D eigenvalue weighted by Crippen LogP contribution is 2.12. The first-order valence-electron chi connectivity index (χ1n) is 8.03. The maximum Gasteiger partial charge on any atom is 0.129 e. The van der Waals surface area contributed by atoms with Crippen LogP contribution < -0.4 is 0 Å². The van der Waals surface area contributed by atoms with Crippen molar-refractivity contribution < 1.29 is 0 Å². The van der Waals surface area contributed by atoms with Crippen molar-refractivity contribution in [2.75, 3.05) is 0 Å². The van der Waals surface area contributed by atoms with Gasteiger partial charge in [0, 0.05) is 6.20 Å². The molecule has 0 aliphatic heterocycles. The van der Waals surface area contributed by atoms with E-state index in [9.17, 15) is 0 Å². The van der Waals surface area contributed by atoms with Gasteiger partial charge in [0.15, 0.2) is 0 Å². The zero-order valence-electron chi connectivity index (χ0n) is 13.0. The molecule has 1 aromatic rings. The highest BCUT2D eigenvalue weighted by atomic mass is 79.9. The molecule has 0 aliphatic carbocycles. The van der Waals surface area contributed by atoms with E-state index in [2.05, 4.69) is 23.5 Å².